The van der Waals surface area contributed by atoms with Gasteiger partial charge in [-0.05, 0) is 49.7 Å². The number of benzene rings is 2. The Kier molecular flexibility index (Phi) is 7.33. The number of nitro groups is 1. The predicted octanol–water partition coefficient (Wildman–Crippen LogP) is 4.67. The highest BCUT2D eigenvalue weighted by molar-refractivity contribution is 6.03. The predicted molar refractivity (Wildman–Crippen MR) is 133 cm³/mol. The van der Waals surface area contributed by atoms with Crippen LogP contribution in [0.25, 0.3) is 0 Å². The number of non-ortho nitro benzene ring substituents is 1. The Morgan fingerprint density at radius 3 is 2.51 bits per heavy atom. The molecule has 0 bridgehead atoms. The lowest BCUT2D eigenvalue weighted by atomic mass is 10.1. The second-order valence-corrected chi connectivity index (χ2v) is 8.11. The lowest BCUT2D eigenvalue weighted by Crippen LogP contribution is -2.13. The highest BCUT2D eigenvalue weighted by atomic mass is 16.6. The molecular weight excluding hydrogens is 480 g/mol. The van der Waals surface area contributed by atoms with Crippen molar-refractivity contribution in [3.8, 4) is 5.75 Å². The van der Waals surface area contributed by atoms with Crippen molar-refractivity contribution in [2.45, 2.75) is 27.0 Å². The van der Waals surface area contributed by atoms with Crippen LogP contribution in [-0.4, -0.2) is 33.7 Å². The fraction of sp³-hybridized carbons (Fsp3) is 0.192. The molecule has 0 atom stereocenters. The number of methoxy groups -OCH3 is 1. The number of nitro benzene ring substituents is 1. The summed E-state index contributed by atoms with van der Waals surface area (Å²) in [5.41, 5.74) is 3.00. The topological polar surface area (TPSA) is 139 Å². The van der Waals surface area contributed by atoms with E-state index >= 15 is 0 Å². The maximum Gasteiger partial charge on any atom is 0.338 e. The van der Waals surface area contributed by atoms with Crippen molar-refractivity contribution in [2.75, 3.05) is 12.4 Å². The molecule has 4 rings (SSSR count). The van der Waals surface area contributed by atoms with Gasteiger partial charge in [-0.1, -0.05) is 18.2 Å². The average Bonchev–Trinajstić information content (AvgIpc) is 3.48. The third kappa shape index (κ3) is 5.67. The Bertz CT molecular complexity index is 1450. The Labute approximate surface area is 211 Å². The number of aryl methyl sites for hydroxylation is 1. The van der Waals surface area contributed by atoms with Crippen LogP contribution >= 0.6 is 0 Å². The number of hydrogen-bond donors (Lipinski definition) is 1. The Morgan fingerprint density at radius 1 is 1.08 bits per heavy atom. The number of ether oxygens (including phenoxy) is 2. The van der Waals surface area contributed by atoms with Crippen LogP contribution < -0.4 is 10.1 Å². The van der Waals surface area contributed by atoms with E-state index in [0.29, 0.717) is 40.7 Å². The van der Waals surface area contributed by atoms with Gasteiger partial charge in [-0.2, -0.15) is 5.10 Å². The zero-order valence-electron chi connectivity index (χ0n) is 20.4. The van der Waals surface area contributed by atoms with Gasteiger partial charge in [0, 0.05) is 12.1 Å². The van der Waals surface area contributed by atoms with E-state index < -0.39 is 16.8 Å². The average molecular weight is 504 g/mol. The van der Waals surface area contributed by atoms with E-state index in [1.807, 2.05) is 19.1 Å². The van der Waals surface area contributed by atoms with Crippen molar-refractivity contribution in [1.82, 2.24) is 9.78 Å². The number of hydrogen-bond acceptors (Lipinski definition) is 8. The molecule has 0 saturated carbocycles. The molecule has 0 aliphatic rings. The number of aromatic nitrogens is 2. The molecule has 0 aliphatic heterocycles. The molecule has 0 spiro atoms. The van der Waals surface area contributed by atoms with Crippen LogP contribution in [0.1, 0.15) is 43.6 Å². The summed E-state index contributed by atoms with van der Waals surface area (Å²) in [6, 6.07) is 15.9. The van der Waals surface area contributed by atoms with E-state index in [-0.39, 0.29) is 18.1 Å². The van der Waals surface area contributed by atoms with E-state index in [9.17, 15) is 19.7 Å². The van der Waals surface area contributed by atoms with E-state index in [4.69, 9.17) is 13.9 Å². The molecule has 1 amide bonds. The second-order valence-electron chi connectivity index (χ2n) is 8.11. The molecule has 0 unspecified atom stereocenters. The van der Waals surface area contributed by atoms with Crippen LogP contribution in [-0.2, 0) is 17.9 Å². The molecule has 2 aromatic carbocycles. The molecule has 37 heavy (non-hydrogen) atoms. The monoisotopic (exact) mass is 504 g/mol. The summed E-state index contributed by atoms with van der Waals surface area (Å²) in [6.45, 7) is 3.96. The van der Waals surface area contributed by atoms with Crippen LogP contribution in [0.3, 0.4) is 0 Å². The number of nitrogens with one attached hydrogen (secondary N) is 1. The van der Waals surface area contributed by atoms with Gasteiger partial charge in [-0.15, -0.1) is 0 Å². The zero-order valence-corrected chi connectivity index (χ0v) is 20.4. The molecule has 11 heteroatoms. The van der Waals surface area contributed by atoms with E-state index in [1.165, 1.54) is 37.4 Å². The standard InChI is InChI=1S/C26H24N4O7/c1-16-24(17(2)29(28-16)14-18-6-4-5-7-22(18)26(32)35-3)27-25(31)23-13-12-21(37-23)15-36-20-10-8-19(9-11-20)30(33)34/h4-13H,14-15H2,1-3H3,(H,27,31). The van der Waals surface area contributed by atoms with Crippen molar-refractivity contribution in [3.05, 3.63) is 105 Å². The molecule has 1 N–H and O–H groups in total. The number of esters is 1. The molecule has 0 saturated heterocycles. The molecule has 4 aromatic rings. The van der Waals surface area contributed by atoms with Gasteiger partial charge in [0.15, 0.2) is 5.76 Å². The first kappa shape index (κ1) is 25.2. The highest BCUT2D eigenvalue weighted by Gasteiger charge is 2.19. The van der Waals surface area contributed by atoms with E-state index in [0.717, 1.165) is 5.56 Å². The Balaban J connectivity index is 1.42. The van der Waals surface area contributed by atoms with Crippen molar-refractivity contribution < 1.29 is 28.4 Å². The SMILES string of the molecule is COC(=O)c1ccccc1Cn1nc(C)c(NC(=O)c2ccc(COc3ccc([N+](=O)[O-])cc3)o2)c1C. The van der Waals surface area contributed by atoms with Gasteiger partial charge in [-0.3, -0.25) is 19.6 Å². The van der Waals surface area contributed by atoms with Crippen LogP contribution in [0.15, 0.2) is 65.1 Å². The third-order valence-corrected chi connectivity index (χ3v) is 5.68. The minimum absolute atomic E-state index is 0.0362. The molecule has 2 aromatic heterocycles. The molecular formula is C26H24N4O7. The maximum absolute atomic E-state index is 12.8. The minimum atomic E-state index is -0.490. The summed E-state index contributed by atoms with van der Waals surface area (Å²) in [5.74, 6) is 0.0384. The van der Waals surface area contributed by atoms with Gasteiger partial charge >= 0.3 is 5.97 Å². The number of anilines is 1. The van der Waals surface area contributed by atoms with E-state index in [2.05, 4.69) is 10.4 Å². The lowest BCUT2D eigenvalue weighted by molar-refractivity contribution is -0.384. The van der Waals surface area contributed by atoms with Crippen LogP contribution in [0.5, 0.6) is 5.75 Å². The quantitative estimate of drug-likeness (QED) is 0.197. The second kappa shape index (κ2) is 10.8. The van der Waals surface area contributed by atoms with Crippen molar-refractivity contribution in [3.63, 3.8) is 0 Å². The molecule has 0 radical (unpaired) electrons. The lowest BCUT2D eigenvalue weighted by Gasteiger charge is -2.10. The third-order valence-electron chi connectivity index (χ3n) is 5.68. The summed E-state index contributed by atoms with van der Waals surface area (Å²) in [6.07, 6.45) is 0. The Morgan fingerprint density at radius 2 is 1.81 bits per heavy atom. The number of rotatable bonds is 9. The molecule has 0 fully saturated rings. The highest BCUT2D eigenvalue weighted by Crippen LogP contribution is 2.23. The summed E-state index contributed by atoms with van der Waals surface area (Å²) in [5, 5.41) is 18.1. The smallest absolute Gasteiger partial charge is 0.338 e. The van der Waals surface area contributed by atoms with Crippen LogP contribution in [0, 0.1) is 24.0 Å². The molecule has 0 aliphatic carbocycles. The largest absolute Gasteiger partial charge is 0.486 e. The summed E-state index contributed by atoms with van der Waals surface area (Å²) >= 11 is 0. The van der Waals surface area contributed by atoms with Gasteiger partial charge in [0.1, 0.15) is 18.1 Å². The first-order valence-electron chi connectivity index (χ1n) is 11.2. The number of amides is 1. The zero-order chi connectivity index (χ0) is 26.5. The number of furan rings is 1. The van der Waals surface area contributed by atoms with Crippen molar-refractivity contribution >= 4 is 23.3 Å². The summed E-state index contributed by atoms with van der Waals surface area (Å²) in [4.78, 5) is 35.2. The van der Waals surface area contributed by atoms with Gasteiger partial charge in [0.2, 0.25) is 0 Å². The fourth-order valence-electron chi connectivity index (χ4n) is 3.73. The van der Waals surface area contributed by atoms with Gasteiger partial charge in [-0.25, -0.2) is 4.79 Å². The number of carbonyl (C=O) groups is 2. The number of carbonyl (C=O) groups excluding carboxylic acids is 2. The van der Waals surface area contributed by atoms with Gasteiger partial charge < -0.3 is 19.2 Å². The normalized spacial score (nSPS) is 10.7. The maximum atomic E-state index is 12.8. The first-order valence-corrected chi connectivity index (χ1v) is 11.2. The van der Waals surface area contributed by atoms with Crippen LogP contribution in [0.2, 0.25) is 0 Å². The van der Waals surface area contributed by atoms with Crippen LogP contribution in [0.4, 0.5) is 11.4 Å². The summed E-state index contributed by atoms with van der Waals surface area (Å²) < 4.78 is 17.8. The van der Waals surface area contributed by atoms with Crippen molar-refractivity contribution in [2.24, 2.45) is 0 Å². The number of nitrogens with zero attached hydrogens (tertiary/aromatic N) is 3. The van der Waals surface area contributed by atoms with Crippen molar-refractivity contribution in [1.29, 1.82) is 0 Å². The molecule has 11 nitrogen and oxygen atoms in total. The van der Waals surface area contributed by atoms with Gasteiger partial charge in [0.25, 0.3) is 11.6 Å². The fourth-order valence-corrected chi connectivity index (χ4v) is 3.73. The summed E-state index contributed by atoms with van der Waals surface area (Å²) in [7, 11) is 1.33. The minimum Gasteiger partial charge on any atom is -0.486 e. The molecule has 190 valence electrons. The molecule has 2 heterocycles. The first-order chi connectivity index (χ1) is 17.8. The van der Waals surface area contributed by atoms with Gasteiger partial charge in [0.05, 0.1) is 41.2 Å². The van der Waals surface area contributed by atoms with E-state index in [1.54, 1.807) is 29.8 Å². The Hall–Kier alpha value is -4.93.